The quantitative estimate of drug-likeness (QED) is 0.644. The molecular weight excluding hydrogens is 344 g/mol. The van der Waals surface area contributed by atoms with Crippen molar-refractivity contribution in [3.05, 3.63) is 52.8 Å². The molecule has 8 heteroatoms. The SMILES string of the molecule is Cc1ccc(/C=C2\SC(=O)N(CC(=O)Nc3ccccc3O)C2=O)o1. The molecule has 1 aromatic carbocycles. The lowest BCUT2D eigenvalue weighted by Gasteiger charge is -2.12. The molecule has 1 saturated heterocycles. The molecule has 0 bridgehead atoms. The van der Waals surface area contributed by atoms with Crippen molar-refractivity contribution >= 4 is 40.6 Å². The molecule has 0 spiro atoms. The van der Waals surface area contributed by atoms with E-state index < -0.39 is 23.6 Å². The predicted molar refractivity (Wildman–Crippen MR) is 92.9 cm³/mol. The number of phenols is 1. The highest BCUT2D eigenvalue weighted by Crippen LogP contribution is 2.32. The number of benzene rings is 1. The van der Waals surface area contributed by atoms with Gasteiger partial charge in [-0.1, -0.05) is 12.1 Å². The first-order valence-corrected chi connectivity index (χ1v) is 8.15. The van der Waals surface area contributed by atoms with Crippen LogP contribution in [0.5, 0.6) is 5.75 Å². The van der Waals surface area contributed by atoms with E-state index in [1.54, 1.807) is 31.2 Å². The first kappa shape index (κ1) is 16.8. The number of para-hydroxylation sites is 2. The maximum atomic E-state index is 12.3. The number of imide groups is 1. The number of hydrogen-bond acceptors (Lipinski definition) is 6. The summed E-state index contributed by atoms with van der Waals surface area (Å²) >= 11 is 0.746. The Kier molecular flexibility index (Phi) is 4.62. The fourth-order valence-corrected chi connectivity index (χ4v) is 3.03. The number of aryl methyl sites for hydroxylation is 1. The van der Waals surface area contributed by atoms with Crippen molar-refractivity contribution in [3.8, 4) is 5.75 Å². The molecule has 128 valence electrons. The van der Waals surface area contributed by atoms with Gasteiger partial charge in [0, 0.05) is 6.08 Å². The van der Waals surface area contributed by atoms with E-state index in [2.05, 4.69) is 5.32 Å². The number of nitrogens with zero attached hydrogens (tertiary/aromatic N) is 1. The molecule has 1 aromatic heterocycles. The van der Waals surface area contributed by atoms with Crippen molar-refractivity contribution in [2.45, 2.75) is 6.92 Å². The number of amides is 3. The summed E-state index contributed by atoms with van der Waals surface area (Å²) in [6.07, 6.45) is 1.47. The monoisotopic (exact) mass is 358 g/mol. The summed E-state index contributed by atoms with van der Waals surface area (Å²) in [5.74, 6) is -0.0948. The second-order valence-corrected chi connectivity index (χ2v) is 6.27. The second-order valence-electron chi connectivity index (χ2n) is 5.28. The zero-order valence-electron chi connectivity index (χ0n) is 13.2. The van der Waals surface area contributed by atoms with Crippen LogP contribution in [0.3, 0.4) is 0 Å². The van der Waals surface area contributed by atoms with E-state index in [0.717, 1.165) is 16.7 Å². The minimum Gasteiger partial charge on any atom is -0.506 e. The number of nitrogens with one attached hydrogen (secondary N) is 1. The Morgan fingerprint density at radius 1 is 1.28 bits per heavy atom. The lowest BCUT2D eigenvalue weighted by Crippen LogP contribution is -2.36. The summed E-state index contributed by atoms with van der Waals surface area (Å²) < 4.78 is 5.36. The number of rotatable bonds is 4. The topological polar surface area (TPSA) is 99.9 Å². The van der Waals surface area contributed by atoms with Crippen LogP contribution in [0, 0.1) is 6.92 Å². The van der Waals surface area contributed by atoms with E-state index in [9.17, 15) is 19.5 Å². The van der Waals surface area contributed by atoms with Crippen molar-refractivity contribution in [2.24, 2.45) is 0 Å². The van der Waals surface area contributed by atoms with Gasteiger partial charge in [-0.15, -0.1) is 0 Å². The summed E-state index contributed by atoms with van der Waals surface area (Å²) in [4.78, 5) is 37.4. The summed E-state index contributed by atoms with van der Waals surface area (Å²) in [7, 11) is 0. The third kappa shape index (κ3) is 3.74. The number of phenolic OH excluding ortho intramolecular Hbond substituents is 1. The second kappa shape index (κ2) is 6.86. The Morgan fingerprint density at radius 2 is 2.04 bits per heavy atom. The molecule has 1 aliphatic rings. The van der Waals surface area contributed by atoms with Gasteiger partial charge in [-0.05, 0) is 43.0 Å². The van der Waals surface area contributed by atoms with Crippen LogP contribution < -0.4 is 5.32 Å². The zero-order valence-corrected chi connectivity index (χ0v) is 14.0. The molecule has 0 saturated carbocycles. The molecule has 1 aliphatic heterocycles. The Labute approximate surface area is 147 Å². The van der Waals surface area contributed by atoms with Crippen LogP contribution in [0.1, 0.15) is 11.5 Å². The van der Waals surface area contributed by atoms with E-state index in [4.69, 9.17) is 4.42 Å². The van der Waals surface area contributed by atoms with Gasteiger partial charge in [-0.2, -0.15) is 0 Å². The molecule has 0 aliphatic carbocycles. The lowest BCUT2D eigenvalue weighted by atomic mass is 10.3. The van der Waals surface area contributed by atoms with Gasteiger partial charge < -0.3 is 14.8 Å². The molecular formula is C17H14N2O5S. The molecule has 2 heterocycles. The van der Waals surface area contributed by atoms with E-state index >= 15 is 0 Å². The highest BCUT2D eigenvalue weighted by molar-refractivity contribution is 8.18. The Bertz CT molecular complexity index is 887. The number of anilines is 1. The van der Waals surface area contributed by atoms with Gasteiger partial charge in [-0.3, -0.25) is 19.3 Å². The van der Waals surface area contributed by atoms with Gasteiger partial charge in [0.15, 0.2) is 0 Å². The van der Waals surface area contributed by atoms with E-state index in [1.165, 1.54) is 18.2 Å². The maximum absolute atomic E-state index is 12.3. The summed E-state index contributed by atoms with van der Waals surface area (Å²) in [6.45, 7) is 1.33. The fourth-order valence-electron chi connectivity index (χ4n) is 2.21. The Hall–Kier alpha value is -3.00. The van der Waals surface area contributed by atoms with Gasteiger partial charge >= 0.3 is 0 Å². The number of hydrogen-bond donors (Lipinski definition) is 2. The third-order valence-corrected chi connectivity index (χ3v) is 4.30. The number of carbonyl (C=O) groups excluding carboxylic acids is 3. The van der Waals surface area contributed by atoms with Gasteiger partial charge in [0.1, 0.15) is 23.8 Å². The highest BCUT2D eigenvalue weighted by atomic mass is 32.2. The van der Waals surface area contributed by atoms with Gasteiger partial charge in [0.25, 0.3) is 11.1 Å². The average Bonchev–Trinajstić information content (AvgIpc) is 3.08. The standard InChI is InChI=1S/C17H14N2O5S/c1-10-6-7-11(24-10)8-14-16(22)19(17(23)25-14)9-15(21)18-12-4-2-3-5-13(12)20/h2-8,20H,9H2,1H3,(H,18,21)/b14-8-. The van der Waals surface area contributed by atoms with Crippen molar-refractivity contribution in [3.63, 3.8) is 0 Å². The van der Waals surface area contributed by atoms with Crippen LogP contribution in [0.2, 0.25) is 0 Å². The van der Waals surface area contributed by atoms with E-state index in [-0.39, 0.29) is 16.3 Å². The molecule has 0 radical (unpaired) electrons. The van der Waals surface area contributed by atoms with Crippen LogP contribution in [0.15, 0.2) is 45.7 Å². The molecule has 25 heavy (non-hydrogen) atoms. The molecule has 0 atom stereocenters. The van der Waals surface area contributed by atoms with Gasteiger partial charge in [0.05, 0.1) is 10.6 Å². The molecule has 3 amide bonds. The normalized spacial score (nSPS) is 15.9. The van der Waals surface area contributed by atoms with Gasteiger partial charge in [-0.25, -0.2) is 0 Å². The first-order valence-electron chi connectivity index (χ1n) is 7.33. The number of furan rings is 1. The van der Waals surface area contributed by atoms with Crippen molar-refractivity contribution in [1.82, 2.24) is 4.90 Å². The molecule has 3 rings (SSSR count). The predicted octanol–water partition coefficient (Wildman–Crippen LogP) is 2.97. The molecule has 7 nitrogen and oxygen atoms in total. The summed E-state index contributed by atoms with van der Waals surface area (Å²) in [5, 5.41) is 11.6. The minimum atomic E-state index is -0.584. The van der Waals surface area contributed by atoms with Crippen molar-refractivity contribution < 1.29 is 23.9 Å². The largest absolute Gasteiger partial charge is 0.506 e. The smallest absolute Gasteiger partial charge is 0.294 e. The van der Waals surface area contributed by atoms with Crippen LogP contribution in [-0.2, 0) is 9.59 Å². The third-order valence-electron chi connectivity index (χ3n) is 3.39. The van der Waals surface area contributed by atoms with Crippen molar-refractivity contribution in [2.75, 3.05) is 11.9 Å². The average molecular weight is 358 g/mol. The number of aromatic hydroxyl groups is 1. The highest BCUT2D eigenvalue weighted by Gasteiger charge is 2.36. The molecule has 1 fully saturated rings. The number of thioether (sulfide) groups is 1. The summed E-state index contributed by atoms with van der Waals surface area (Å²) in [5.41, 5.74) is 0.209. The Balaban J connectivity index is 1.69. The number of carbonyl (C=O) groups is 3. The zero-order chi connectivity index (χ0) is 18.0. The van der Waals surface area contributed by atoms with Crippen LogP contribution in [0.4, 0.5) is 10.5 Å². The first-order chi connectivity index (χ1) is 11.9. The maximum Gasteiger partial charge on any atom is 0.294 e. The molecule has 2 N–H and O–H groups in total. The van der Waals surface area contributed by atoms with Gasteiger partial charge in [0.2, 0.25) is 5.91 Å². The molecule has 0 unspecified atom stereocenters. The van der Waals surface area contributed by atoms with Crippen LogP contribution in [0.25, 0.3) is 6.08 Å². The molecule has 2 aromatic rings. The summed E-state index contributed by atoms with van der Waals surface area (Å²) in [6, 6.07) is 9.63. The lowest BCUT2D eigenvalue weighted by molar-refractivity contribution is -0.127. The Morgan fingerprint density at radius 3 is 2.72 bits per heavy atom. The minimum absolute atomic E-state index is 0.0990. The van der Waals surface area contributed by atoms with Crippen LogP contribution in [-0.4, -0.2) is 33.6 Å². The van der Waals surface area contributed by atoms with Crippen molar-refractivity contribution in [1.29, 1.82) is 0 Å². The van der Waals surface area contributed by atoms with Crippen LogP contribution >= 0.6 is 11.8 Å². The van der Waals surface area contributed by atoms with E-state index in [1.807, 2.05) is 0 Å². The fraction of sp³-hybridized carbons (Fsp3) is 0.118. The van der Waals surface area contributed by atoms with E-state index in [0.29, 0.717) is 11.5 Å².